The fourth-order valence-electron chi connectivity index (χ4n) is 2.15. The SMILES string of the molecule is CCCCC(O)(CCCC)[C@@H]1O[C@H]1C(F)(F)F. The van der Waals surface area contributed by atoms with Crippen molar-refractivity contribution in [2.45, 2.75) is 76.4 Å². The molecule has 1 fully saturated rings. The molecular weight excluding hydrogens is 233 g/mol. The van der Waals surface area contributed by atoms with Crippen molar-refractivity contribution in [3.63, 3.8) is 0 Å². The molecule has 102 valence electrons. The number of halogens is 3. The van der Waals surface area contributed by atoms with Crippen molar-refractivity contribution in [3.05, 3.63) is 0 Å². The monoisotopic (exact) mass is 254 g/mol. The standard InChI is InChI=1S/C12H21F3O2/c1-3-5-7-11(16,8-6-4-2)9-10(17-9)12(13,14)15/h9-10,16H,3-8H2,1-2H3/t9-,10-/m1/s1. The lowest BCUT2D eigenvalue weighted by Gasteiger charge is -2.26. The van der Waals surface area contributed by atoms with E-state index in [0.717, 1.165) is 25.7 Å². The van der Waals surface area contributed by atoms with Crippen molar-refractivity contribution in [2.75, 3.05) is 0 Å². The highest BCUT2D eigenvalue weighted by Crippen LogP contribution is 2.46. The lowest BCUT2D eigenvalue weighted by Crippen LogP contribution is -2.39. The number of rotatable bonds is 7. The summed E-state index contributed by atoms with van der Waals surface area (Å²) in [5.74, 6) is 0. The zero-order valence-corrected chi connectivity index (χ0v) is 10.4. The lowest BCUT2D eigenvalue weighted by molar-refractivity contribution is -0.147. The van der Waals surface area contributed by atoms with Gasteiger partial charge < -0.3 is 9.84 Å². The first kappa shape index (κ1) is 14.8. The maximum absolute atomic E-state index is 12.4. The van der Waals surface area contributed by atoms with Gasteiger partial charge in [0.25, 0.3) is 0 Å². The van der Waals surface area contributed by atoms with Crippen LogP contribution in [0.5, 0.6) is 0 Å². The minimum Gasteiger partial charge on any atom is -0.387 e. The predicted molar refractivity (Wildman–Crippen MR) is 58.7 cm³/mol. The quantitative estimate of drug-likeness (QED) is 0.706. The molecule has 1 rings (SSSR count). The van der Waals surface area contributed by atoms with E-state index in [1.807, 2.05) is 13.8 Å². The Labute approximate surface area is 100 Å². The van der Waals surface area contributed by atoms with Crippen molar-refractivity contribution < 1.29 is 23.0 Å². The van der Waals surface area contributed by atoms with E-state index in [1.54, 1.807) is 0 Å². The van der Waals surface area contributed by atoms with Crippen LogP contribution in [0.2, 0.25) is 0 Å². The van der Waals surface area contributed by atoms with Crippen molar-refractivity contribution >= 4 is 0 Å². The number of aliphatic hydroxyl groups is 1. The van der Waals surface area contributed by atoms with Gasteiger partial charge in [-0.05, 0) is 12.8 Å². The minimum atomic E-state index is -4.35. The first-order valence-corrected chi connectivity index (χ1v) is 6.29. The van der Waals surface area contributed by atoms with E-state index in [2.05, 4.69) is 4.74 Å². The largest absolute Gasteiger partial charge is 0.417 e. The molecule has 0 unspecified atom stereocenters. The molecule has 0 aromatic rings. The number of epoxide rings is 1. The third-order valence-electron chi connectivity index (χ3n) is 3.27. The number of hydrogen-bond acceptors (Lipinski definition) is 2. The average Bonchev–Trinajstić information content (AvgIpc) is 3.03. The summed E-state index contributed by atoms with van der Waals surface area (Å²) in [6, 6.07) is 0. The number of alkyl halides is 3. The Kier molecular flexibility index (Phi) is 4.84. The fourth-order valence-corrected chi connectivity index (χ4v) is 2.15. The van der Waals surface area contributed by atoms with Crippen LogP contribution in [-0.2, 0) is 4.74 Å². The highest BCUT2D eigenvalue weighted by Gasteiger charge is 2.64. The summed E-state index contributed by atoms with van der Waals surface area (Å²) in [4.78, 5) is 0. The van der Waals surface area contributed by atoms with Gasteiger partial charge in [0.1, 0.15) is 6.10 Å². The molecule has 0 amide bonds. The molecular formula is C12H21F3O2. The zero-order chi connectivity index (χ0) is 13.1. The van der Waals surface area contributed by atoms with Gasteiger partial charge in [0.05, 0.1) is 5.60 Å². The van der Waals surface area contributed by atoms with Gasteiger partial charge in [0.15, 0.2) is 6.10 Å². The molecule has 1 N–H and O–H groups in total. The second-order valence-electron chi connectivity index (χ2n) is 4.83. The third kappa shape index (κ3) is 3.85. The smallest absolute Gasteiger partial charge is 0.387 e. The van der Waals surface area contributed by atoms with Crippen molar-refractivity contribution in [3.8, 4) is 0 Å². The van der Waals surface area contributed by atoms with E-state index < -0.39 is 24.0 Å². The molecule has 17 heavy (non-hydrogen) atoms. The zero-order valence-electron chi connectivity index (χ0n) is 10.4. The van der Waals surface area contributed by atoms with Gasteiger partial charge in [-0.15, -0.1) is 0 Å². The predicted octanol–water partition coefficient (Wildman–Crippen LogP) is 3.43. The molecule has 0 saturated carbocycles. The number of ether oxygens (including phenoxy) is 1. The van der Waals surface area contributed by atoms with Crippen molar-refractivity contribution in [1.29, 1.82) is 0 Å². The third-order valence-corrected chi connectivity index (χ3v) is 3.27. The topological polar surface area (TPSA) is 32.8 Å². The van der Waals surface area contributed by atoms with Gasteiger partial charge >= 0.3 is 6.18 Å². The summed E-state index contributed by atoms with van der Waals surface area (Å²) >= 11 is 0. The van der Waals surface area contributed by atoms with Gasteiger partial charge in [-0.1, -0.05) is 39.5 Å². The Bertz CT molecular complexity index is 232. The van der Waals surface area contributed by atoms with E-state index in [1.165, 1.54) is 0 Å². The van der Waals surface area contributed by atoms with E-state index in [9.17, 15) is 18.3 Å². The van der Waals surface area contributed by atoms with Gasteiger partial charge in [-0.25, -0.2) is 0 Å². The second-order valence-corrected chi connectivity index (χ2v) is 4.83. The van der Waals surface area contributed by atoms with Crippen LogP contribution in [-0.4, -0.2) is 29.1 Å². The van der Waals surface area contributed by atoms with Crippen molar-refractivity contribution in [1.82, 2.24) is 0 Å². The number of unbranched alkanes of at least 4 members (excludes halogenated alkanes) is 2. The molecule has 1 aliphatic heterocycles. The summed E-state index contributed by atoms with van der Waals surface area (Å²) in [7, 11) is 0. The summed E-state index contributed by atoms with van der Waals surface area (Å²) in [6.45, 7) is 3.91. The van der Waals surface area contributed by atoms with Crippen LogP contribution in [0, 0.1) is 0 Å². The lowest BCUT2D eigenvalue weighted by atomic mass is 9.86. The Morgan fingerprint density at radius 2 is 1.47 bits per heavy atom. The first-order valence-electron chi connectivity index (χ1n) is 6.29. The molecule has 0 aromatic heterocycles. The fraction of sp³-hybridized carbons (Fsp3) is 1.00. The van der Waals surface area contributed by atoms with Crippen LogP contribution in [0.1, 0.15) is 52.4 Å². The minimum absolute atomic E-state index is 0.390. The molecule has 0 aliphatic carbocycles. The highest BCUT2D eigenvalue weighted by molar-refractivity contribution is 5.04. The molecule has 1 heterocycles. The molecule has 2 atom stereocenters. The van der Waals surface area contributed by atoms with Crippen LogP contribution >= 0.6 is 0 Å². The Morgan fingerprint density at radius 1 is 1.00 bits per heavy atom. The first-order chi connectivity index (χ1) is 7.85. The van der Waals surface area contributed by atoms with E-state index in [4.69, 9.17) is 0 Å². The average molecular weight is 254 g/mol. The van der Waals surface area contributed by atoms with Gasteiger partial charge in [0.2, 0.25) is 0 Å². The summed E-state index contributed by atoms with van der Waals surface area (Å²) < 4.78 is 42.0. The molecule has 0 radical (unpaired) electrons. The summed E-state index contributed by atoms with van der Waals surface area (Å²) in [5, 5.41) is 10.3. The summed E-state index contributed by atoms with van der Waals surface area (Å²) in [6.07, 6.45) is -3.22. The molecule has 5 heteroatoms. The van der Waals surface area contributed by atoms with Crippen LogP contribution in [0.25, 0.3) is 0 Å². The molecule has 1 saturated heterocycles. The van der Waals surface area contributed by atoms with Gasteiger partial charge in [-0.2, -0.15) is 13.2 Å². The van der Waals surface area contributed by atoms with Crippen molar-refractivity contribution in [2.24, 2.45) is 0 Å². The molecule has 1 aliphatic rings. The van der Waals surface area contributed by atoms with Crippen LogP contribution < -0.4 is 0 Å². The van der Waals surface area contributed by atoms with Crippen LogP contribution in [0.4, 0.5) is 13.2 Å². The van der Waals surface area contributed by atoms with Gasteiger partial charge in [-0.3, -0.25) is 0 Å². The summed E-state index contributed by atoms with van der Waals surface area (Å²) in [5.41, 5.74) is -1.30. The Balaban J connectivity index is 2.58. The number of hydrogen-bond donors (Lipinski definition) is 1. The Hall–Kier alpha value is -0.290. The Morgan fingerprint density at radius 3 is 1.76 bits per heavy atom. The maximum Gasteiger partial charge on any atom is 0.417 e. The normalized spacial score (nSPS) is 25.1. The second kappa shape index (κ2) is 5.57. The van der Waals surface area contributed by atoms with Gasteiger partial charge in [0, 0.05) is 0 Å². The maximum atomic E-state index is 12.4. The van der Waals surface area contributed by atoms with E-state index >= 15 is 0 Å². The molecule has 2 nitrogen and oxygen atoms in total. The van der Waals surface area contributed by atoms with E-state index in [-0.39, 0.29) is 0 Å². The molecule has 0 aromatic carbocycles. The molecule has 0 bridgehead atoms. The van der Waals surface area contributed by atoms with Crippen LogP contribution in [0.15, 0.2) is 0 Å². The van der Waals surface area contributed by atoms with Crippen LogP contribution in [0.3, 0.4) is 0 Å². The molecule has 0 spiro atoms. The van der Waals surface area contributed by atoms with E-state index in [0.29, 0.717) is 12.8 Å². The highest BCUT2D eigenvalue weighted by atomic mass is 19.4.